The molecule has 1 fully saturated rings. The first kappa shape index (κ1) is 15.5. The molecule has 2 N–H and O–H groups in total. The predicted octanol–water partition coefficient (Wildman–Crippen LogP) is 0.0301. The molecule has 1 aliphatic carbocycles. The summed E-state index contributed by atoms with van der Waals surface area (Å²) in [6.07, 6.45) is 1.84. The molecular formula is C13H16N2O5S. The number of amides is 1. The van der Waals surface area contributed by atoms with Gasteiger partial charge in [-0.05, 0) is 25.0 Å². The Morgan fingerprint density at radius 2 is 1.95 bits per heavy atom. The molecule has 8 heteroatoms. The van der Waals surface area contributed by atoms with Crippen LogP contribution in [-0.2, 0) is 19.6 Å². The number of nitrogens with one attached hydrogen (secondary N) is 2. The van der Waals surface area contributed by atoms with Crippen LogP contribution in [0.4, 0.5) is 0 Å². The highest BCUT2D eigenvalue weighted by atomic mass is 32.2. The molecule has 1 amide bonds. The smallest absolute Gasteiger partial charge is 0.339 e. The van der Waals surface area contributed by atoms with Gasteiger partial charge in [0.1, 0.15) is 0 Å². The van der Waals surface area contributed by atoms with E-state index in [1.807, 2.05) is 0 Å². The summed E-state index contributed by atoms with van der Waals surface area (Å²) in [7, 11) is -2.80. The van der Waals surface area contributed by atoms with Crippen molar-refractivity contribution in [1.29, 1.82) is 0 Å². The van der Waals surface area contributed by atoms with Gasteiger partial charge in [-0.1, -0.05) is 12.1 Å². The third-order valence-electron chi connectivity index (χ3n) is 2.95. The van der Waals surface area contributed by atoms with Crippen LogP contribution in [0.25, 0.3) is 0 Å². The van der Waals surface area contributed by atoms with E-state index in [-0.39, 0.29) is 23.0 Å². The zero-order valence-corrected chi connectivity index (χ0v) is 12.3. The van der Waals surface area contributed by atoms with Crippen molar-refractivity contribution in [3.8, 4) is 0 Å². The SMILES string of the molecule is COC(=O)c1ccccc1S(=O)(=O)NCC(=O)NC1CC1. The van der Waals surface area contributed by atoms with Gasteiger partial charge in [-0.2, -0.15) is 0 Å². The van der Waals surface area contributed by atoms with E-state index in [9.17, 15) is 18.0 Å². The van der Waals surface area contributed by atoms with Crippen molar-refractivity contribution < 1.29 is 22.7 Å². The molecule has 2 rings (SSSR count). The van der Waals surface area contributed by atoms with Gasteiger partial charge in [-0.15, -0.1) is 0 Å². The first-order valence-corrected chi connectivity index (χ1v) is 7.88. The van der Waals surface area contributed by atoms with Gasteiger partial charge in [0.15, 0.2) is 0 Å². The quantitative estimate of drug-likeness (QED) is 0.722. The molecule has 0 unspecified atom stereocenters. The summed E-state index contributed by atoms with van der Waals surface area (Å²) >= 11 is 0. The van der Waals surface area contributed by atoms with Crippen molar-refractivity contribution in [1.82, 2.24) is 10.0 Å². The first-order chi connectivity index (χ1) is 9.94. The molecule has 1 saturated carbocycles. The Balaban J connectivity index is 2.11. The number of carbonyl (C=O) groups excluding carboxylic acids is 2. The summed E-state index contributed by atoms with van der Waals surface area (Å²) < 4.78 is 31.1. The third-order valence-corrected chi connectivity index (χ3v) is 4.41. The number of esters is 1. The van der Waals surface area contributed by atoms with E-state index in [0.29, 0.717) is 0 Å². The van der Waals surface area contributed by atoms with Gasteiger partial charge in [0.2, 0.25) is 15.9 Å². The van der Waals surface area contributed by atoms with Gasteiger partial charge < -0.3 is 10.1 Å². The maximum Gasteiger partial charge on any atom is 0.339 e. The molecule has 1 aromatic carbocycles. The number of benzene rings is 1. The van der Waals surface area contributed by atoms with Crippen LogP contribution in [0.15, 0.2) is 29.2 Å². The van der Waals surface area contributed by atoms with E-state index in [0.717, 1.165) is 12.8 Å². The summed E-state index contributed by atoms with van der Waals surface area (Å²) in [4.78, 5) is 22.9. The molecule has 0 heterocycles. The highest BCUT2D eigenvalue weighted by Crippen LogP contribution is 2.18. The Bertz CT molecular complexity index is 652. The van der Waals surface area contributed by atoms with Crippen molar-refractivity contribution in [3.05, 3.63) is 29.8 Å². The van der Waals surface area contributed by atoms with Gasteiger partial charge in [-0.3, -0.25) is 4.79 Å². The number of hydrogen-bond donors (Lipinski definition) is 2. The van der Waals surface area contributed by atoms with Gasteiger partial charge in [-0.25, -0.2) is 17.9 Å². The molecule has 1 aliphatic rings. The molecule has 0 aliphatic heterocycles. The highest BCUT2D eigenvalue weighted by Gasteiger charge is 2.26. The van der Waals surface area contributed by atoms with E-state index in [1.165, 1.54) is 31.4 Å². The minimum atomic E-state index is -3.97. The number of hydrogen-bond acceptors (Lipinski definition) is 5. The van der Waals surface area contributed by atoms with Crippen LogP contribution < -0.4 is 10.0 Å². The Hall–Kier alpha value is -1.93. The maximum absolute atomic E-state index is 12.2. The molecule has 7 nitrogen and oxygen atoms in total. The topological polar surface area (TPSA) is 102 Å². The van der Waals surface area contributed by atoms with Crippen molar-refractivity contribution >= 4 is 21.9 Å². The molecule has 0 atom stereocenters. The van der Waals surface area contributed by atoms with Gasteiger partial charge in [0, 0.05) is 6.04 Å². The second-order valence-corrected chi connectivity index (χ2v) is 6.39. The van der Waals surface area contributed by atoms with Crippen LogP contribution in [0.2, 0.25) is 0 Å². The average Bonchev–Trinajstić information content (AvgIpc) is 3.28. The lowest BCUT2D eigenvalue weighted by Crippen LogP contribution is -2.38. The monoisotopic (exact) mass is 312 g/mol. The van der Waals surface area contributed by atoms with Crippen LogP contribution >= 0.6 is 0 Å². The normalized spacial score (nSPS) is 14.5. The van der Waals surface area contributed by atoms with Crippen LogP contribution in [0, 0.1) is 0 Å². The lowest BCUT2D eigenvalue weighted by molar-refractivity contribution is -0.120. The van der Waals surface area contributed by atoms with Crippen molar-refractivity contribution in [3.63, 3.8) is 0 Å². The number of methoxy groups -OCH3 is 1. The lowest BCUT2D eigenvalue weighted by atomic mass is 10.2. The Kier molecular flexibility index (Phi) is 4.59. The third kappa shape index (κ3) is 4.02. The number of ether oxygens (including phenoxy) is 1. The fraction of sp³-hybridized carbons (Fsp3) is 0.385. The largest absolute Gasteiger partial charge is 0.465 e. The molecule has 0 aromatic heterocycles. The van der Waals surface area contributed by atoms with E-state index in [1.54, 1.807) is 0 Å². The van der Waals surface area contributed by atoms with Gasteiger partial charge in [0.05, 0.1) is 24.1 Å². The van der Waals surface area contributed by atoms with Crippen LogP contribution in [-0.4, -0.2) is 40.0 Å². The first-order valence-electron chi connectivity index (χ1n) is 6.40. The molecule has 21 heavy (non-hydrogen) atoms. The number of rotatable bonds is 6. The molecule has 0 spiro atoms. The number of sulfonamides is 1. The van der Waals surface area contributed by atoms with E-state index in [4.69, 9.17) is 0 Å². The fourth-order valence-electron chi connectivity index (χ4n) is 1.72. The number of carbonyl (C=O) groups is 2. The molecule has 0 bridgehead atoms. The molecule has 1 aromatic rings. The summed E-state index contributed by atoms with van der Waals surface area (Å²) in [5.74, 6) is -1.14. The Labute approximate surface area is 122 Å². The molecule has 114 valence electrons. The van der Waals surface area contributed by atoms with E-state index in [2.05, 4.69) is 14.8 Å². The highest BCUT2D eigenvalue weighted by molar-refractivity contribution is 7.89. The van der Waals surface area contributed by atoms with Crippen LogP contribution in [0.1, 0.15) is 23.2 Å². The van der Waals surface area contributed by atoms with Crippen LogP contribution in [0.3, 0.4) is 0 Å². The van der Waals surface area contributed by atoms with E-state index >= 15 is 0 Å². The second kappa shape index (κ2) is 6.23. The predicted molar refractivity (Wildman–Crippen MR) is 74.1 cm³/mol. The van der Waals surface area contributed by atoms with Crippen LogP contribution in [0.5, 0.6) is 0 Å². The summed E-state index contributed by atoms with van der Waals surface area (Å²) in [5, 5.41) is 2.67. The second-order valence-electron chi connectivity index (χ2n) is 4.65. The zero-order valence-electron chi connectivity index (χ0n) is 11.5. The van der Waals surface area contributed by atoms with Crippen molar-refractivity contribution in [2.24, 2.45) is 0 Å². The Morgan fingerprint density at radius 1 is 1.29 bits per heavy atom. The van der Waals surface area contributed by atoms with Crippen molar-refractivity contribution in [2.45, 2.75) is 23.8 Å². The summed E-state index contributed by atoms with van der Waals surface area (Å²) in [5.41, 5.74) is -0.0740. The minimum Gasteiger partial charge on any atom is -0.465 e. The van der Waals surface area contributed by atoms with Gasteiger partial charge >= 0.3 is 5.97 Å². The maximum atomic E-state index is 12.2. The zero-order chi connectivity index (χ0) is 15.5. The molecule has 0 saturated heterocycles. The van der Waals surface area contributed by atoms with Gasteiger partial charge in [0.25, 0.3) is 0 Å². The fourth-order valence-corrected chi connectivity index (χ4v) is 2.90. The minimum absolute atomic E-state index is 0.0740. The lowest BCUT2D eigenvalue weighted by Gasteiger charge is -2.10. The molecular weight excluding hydrogens is 296 g/mol. The Morgan fingerprint density at radius 3 is 2.57 bits per heavy atom. The van der Waals surface area contributed by atoms with Crippen molar-refractivity contribution in [2.75, 3.05) is 13.7 Å². The average molecular weight is 312 g/mol. The molecule has 0 radical (unpaired) electrons. The standard InChI is InChI=1S/C13H16N2O5S/c1-20-13(17)10-4-2-3-5-11(10)21(18,19)14-8-12(16)15-9-6-7-9/h2-5,9,14H,6-8H2,1H3,(H,15,16). The summed E-state index contributed by atoms with van der Waals surface area (Å²) in [6.45, 7) is -0.367. The van der Waals surface area contributed by atoms with E-state index < -0.39 is 21.9 Å². The summed E-state index contributed by atoms with van der Waals surface area (Å²) in [6, 6.07) is 5.82.